The summed E-state index contributed by atoms with van der Waals surface area (Å²) in [4.78, 5) is 30.5. The topological polar surface area (TPSA) is 74.4 Å². The molecule has 1 heterocycles. The minimum atomic E-state index is -0.269. The maximum atomic E-state index is 12.8. The molecule has 150 valence electrons. The smallest absolute Gasteiger partial charge is 0.257 e. The van der Waals surface area contributed by atoms with E-state index < -0.39 is 0 Å². The number of nitrogens with one attached hydrogen (secondary N) is 2. The Labute approximate surface area is 166 Å². The van der Waals surface area contributed by atoms with Crippen molar-refractivity contribution in [1.29, 1.82) is 0 Å². The van der Waals surface area contributed by atoms with Crippen molar-refractivity contribution in [3.8, 4) is 5.75 Å². The Hall–Kier alpha value is -2.60. The fourth-order valence-electron chi connectivity index (χ4n) is 3.42. The highest BCUT2D eigenvalue weighted by molar-refractivity contribution is 6.13. The second kappa shape index (κ2) is 9.55. The monoisotopic (exact) mass is 383 g/mol. The summed E-state index contributed by atoms with van der Waals surface area (Å²) in [5, 5.41) is 2.89. The number of rotatable bonds is 8. The number of nitrogens with zero attached hydrogens (tertiary/aromatic N) is 1. The summed E-state index contributed by atoms with van der Waals surface area (Å²) in [5.74, 6) is 0.503. The van der Waals surface area contributed by atoms with Crippen molar-refractivity contribution in [2.45, 2.75) is 39.0 Å². The van der Waals surface area contributed by atoms with Crippen molar-refractivity contribution in [3.63, 3.8) is 0 Å². The second-order valence-electron chi connectivity index (χ2n) is 7.27. The van der Waals surface area contributed by atoms with Crippen molar-refractivity contribution in [3.05, 3.63) is 47.3 Å². The minimum Gasteiger partial charge on any atom is -0.493 e. The van der Waals surface area contributed by atoms with Crippen LogP contribution in [-0.2, 0) is 6.42 Å². The van der Waals surface area contributed by atoms with Crippen molar-refractivity contribution < 1.29 is 14.3 Å². The number of aryl methyl sites for hydroxylation is 1. The average molecular weight is 383 g/mol. The van der Waals surface area contributed by atoms with E-state index in [0.29, 0.717) is 29.8 Å². The third-order valence-electron chi connectivity index (χ3n) is 5.15. The number of hydrogen-bond acceptors (Lipinski definition) is 4. The number of benzene rings is 1. The van der Waals surface area contributed by atoms with E-state index in [-0.39, 0.29) is 11.7 Å². The number of aromatic nitrogens is 1. The lowest BCUT2D eigenvalue weighted by Crippen LogP contribution is -2.20. The first-order valence-corrected chi connectivity index (χ1v) is 10.0. The zero-order valence-electron chi connectivity index (χ0n) is 16.7. The Balaban J connectivity index is 1.62. The Bertz CT molecular complexity index is 828. The van der Waals surface area contributed by atoms with Crippen LogP contribution in [0.15, 0.2) is 30.5 Å². The molecular weight excluding hydrogens is 354 g/mol. The van der Waals surface area contributed by atoms with Crippen molar-refractivity contribution >= 4 is 17.4 Å². The number of H-pyrrole nitrogens is 1. The van der Waals surface area contributed by atoms with Gasteiger partial charge in [0, 0.05) is 36.6 Å². The molecule has 0 saturated carbocycles. The normalized spacial score (nSPS) is 13.9. The van der Waals surface area contributed by atoms with E-state index in [1.165, 1.54) is 0 Å². The first kappa shape index (κ1) is 20.1. The van der Waals surface area contributed by atoms with Gasteiger partial charge in [-0.3, -0.25) is 9.59 Å². The van der Waals surface area contributed by atoms with Crippen LogP contribution in [0.5, 0.6) is 5.75 Å². The van der Waals surface area contributed by atoms with Crippen LogP contribution < -0.4 is 10.1 Å². The highest BCUT2D eigenvalue weighted by Gasteiger charge is 2.24. The maximum Gasteiger partial charge on any atom is 0.257 e. The molecule has 2 aromatic rings. The number of carbonyl (C=O) groups excluding carboxylic acids is 2. The van der Waals surface area contributed by atoms with Gasteiger partial charge in [0.05, 0.1) is 17.7 Å². The van der Waals surface area contributed by atoms with Crippen LogP contribution in [0.4, 0.5) is 5.69 Å². The van der Waals surface area contributed by atoms with E-state index in [2.05, 4.69) is 29.2 Å². The summed E-state index contributed by atoms with van der Waals surface area (Å²) >= 11 is 0. The molecule has 6 heteroatoms. The van der Waals surface area contributed by atoms with E-state index in [1.807, 2.05) is 24.3 Å². The minimum absolute atomic E-state index is 0.0491. The molecule has 0 atom stereocenters. The first-order chi connectivity index (χ1) is 13.6. The molecule has 1 aromatic carbocycles. The molecule has 0 bridgehead atoms. The van der Waals surface area contributed by atoms with Gasteiger partial charge in [0.1, 0.15) is 5.75 Å². The average Bonchev–Trinajstić information content (AvgIpc) is 3.04. The Morgan fingerprint density at radius 2 is 2.11 bits per heavy atom. The van der Waals surface area contributed by atoms with Gasteiger partial charge >= 0.3 is 0 Å². The molecule has 1 aliphatic carbocycles. The van der Waals surface area contributed by atoms with Gasteiger partial charge in [-0.15, -0.1) is 0 Å². The van der Waals surface area contributed by atoms with Crippen LogP contribution in [-0.4, -0.2) is 48.3 Å². The molecule has 1 aromatic heterocycles. The lowest BCUT2D eigenvalue weighted by atomic mass is 10.0. The van der Waals surface area contributed by atoms with E-state index in [4.69, 9.17) is 4.74 Å². The standard InChI is InChI=1S/C22H29N3O3/c1-3-25(2)12-7-13-28-17-9-6-8-16(14-17)24-22(27)18-15-23-19-10-4-5-11-20(26)21(18)19/h6,8-9,14-15,23H,3-5,7,10-13H2,1-2H3,(H,24,27). The Kier molecular flexibility index (Phi) is 6.87. The highest BCUT2D eigenvalue weighted by atomic mass is 16.5. The predicted octanol–water partition coefficient (Wildman–Crippen LogP) is 3.90. The molecule has 0 unspecified atom stereocenters. The van der Waals surface area contributed by atoms with Gasteiger partial charge in [0.25, 0.3) is 5.91 Å². The quantitative estimate of drug-likeness (QED) is 0.536. The zero-order valence-corrected chi connectivity index (χ0v) is 16.7. The van der Waals surface area contributed by atoms with Gasteiger partial charge in [0.2, 0.25) is 0 Å². The molecule has 0 fully saturated rings. The van der Waals surface area contributed by atoms with Crippen LogP contribution in [0, 0.1) is 0 Å². The van der Waals surface area contributed by atoms with Crippen molar-refractivity contribution in [2.75, 3.05) is 32.1 Å². The van der Waals surface area contributed by atoms with Crippen LogP contribution >= 0.6 is 0 Å². The number of fused-ring (bicyclic) bond motifs is 1. The van der Waals surface area contributed by atoms with Gasteiger partial charge in [-0.1, -0.05) is 13.0 Å². The van der Waals surface area contributed by atoms with Crippen LogP contribution in [0.2, 0.25) is 0 Å². The van der Waals surface area contributed by atoms with Gasteiger partial charge < -0.3 is 19.9 Å². The van der Waals surface area contributed by atoms with Gasteiger partial charge in [-0.2, -0.15) is 0 Å². The third-order valence-corrected chi connectivity index (χ3v) is 5.15. The van der Waals surface area contributed by atoms with E-state index >= 15 is 0 Å². The Morgan fingerprint density at radius 3 is 2.93 bits per heavy atom. The lowest BCUT2D eigenvalue weighted by Gasteiger charge is -2.14. The lowest BCUT2D eigenvalue weighted by molar-refractivity contribution is 0.0965. The predicted molar refractivity (Wildman–Crippen MR) is 110 cm³/mol. The number of aromatic amines is 1. The molecule has 28 heavy (non-hydrogen) atoms. The van der Waals surface area contributed by atoms with E-state index in [9.17, 15) is 9.59 Å². The number of ether oxygens (including phenoxy) is 1. The molecule has 3 rings (SSSR count). The fraction of sp³-hybridized carbons (Fsp3) is 0.455. The summed E-state index contributed by atoms with van der Waals surface area (Å²) in [6.07, 6.45) is 5.74. The van der Waals surface area contributed by atoms with Gasteiger partial charge in [0.15, 0.2) is 5.78 Å². The first-order valence-electron chi connectivity index (χ1n) is 10.0. The number of Topliss-reactive ketones (excluding diaryl/α,β-unsaturated/α-hetero) is 1. The van der Waals surface area contributed by atoms with E-state index in [1.54, 1.807) is 6.20 Å². The van der Waals surface area contributed by atoms with Gasteiger partial charge in [-0.25, -0.2) is 0 Å². The van der Waals surface area contributed by atoms with Crippen LogP contribution in [0.25, 0.3) is 0 Å². The summed E-state index contributed by atoms with van der Waals surface area (Å²) in [6, 6.07) is 7.37. The SMILES string of the molecule is CCN(C)CCCOc1cccc(NC(=O)c2c[nH]c3c2C(=O)CCCC3)c1. The highest BCUT2D eigenvalue weighted by Crippen LogP contribution is 2.25. The van der Waals surface area contributed by atoms with Crippen molar-refractivity contribution in [2.24, 2.45) is 0 Å². The molecule has 2 N–H and O–H groups in total. The number of hydrogen-bond donors (Lipinski definition) is 2. The van der Waals surface area contributed by atoms with Gasteiger partial charge in [-0.05, 0) is 51.4 Å². The maximum absolute atomic E-state index is 12.8. The summed E-state index contributed by atoms with van der Waals surface area (Å²) in [7, 11) is 2.09. The molecule has 1 aliphatic rings. The fourth-order valence-corrected chi connectivity index (χ4v) is 3.42. The molecule has 6 nitrogen and oxygen atoms in total. The van der Waals surface area contributed by atoms with Crippen LogP contribution in [0.1, 0.15) is 59.0 Å². The second-order valence-corrected chi connectivity index (χ2v) is 7.27. The van der Waals surface area contributed by atoms with Crippen LogP contribution in [0.3, 0.4) is 0 Å². The summed E-state index contributed by atoms with van der Waals surface area (Å²) in [5.41, 5.74) is 2.52. The summed E-state index contributed by atoms with van der Waals surface area (Å²) < 4.78 is 5.80. The van der Waals surface area contributed by atoms with Crippen molar-refractivity contribution in [1.82, 2.24) is 9.88 Å². The molecule has 0 saturated heterocycles. The molecule has 0 aliphatic heterocycles. The largest absolute Gasteiger partial charge is 0.493 e. The number of carbonyl (C=O) groups is 2. The molecule has 1 amide bonds. The number of ketones is 1. The van der Waals surface area contributed by atoms with E-state index in [0.717, 1.165) is 50.2 Å². The zero-order chi connectivity index (χ0) is 19.9. The third kappa shape index (κ3) is 5.01. The molecule has 0 spiro atoms. The Morgan fingerprint density at radius 1 is 1.29 bits per heavy atom. The summed E-state index contributed by atoms with van der Waals surface area (Å²) in [6.45, 7) is 4.76. The number of anilines is 1. The molecule has 0 radical (unpaired) electrons. The number of amides is 1. The molecular formula is C22H29N3O3.